The first kappa shape index (κ1) is 14.7. The fraction of sp³-hybridized carbons (Fsp3) is 0.625. The molecule has 3 heteroatoms. The SMILES string of the molecule is CC1CCCC(C)C1Nc1cc(Br)ccc1N(C)C. The van der Waals surface area contributed by atoms with Crippen LogP contribution in [-0.2, 0) is 0 Å². The van der Waals surface area contributed by atoms with E-state index in [4.69, 9.17) is 0 Å². The molecule has 1 fully saturated rings. The van der Waals surface area contributed by atoms with E-state index in [1.54, 1.807) is 0 Å². The number of hydrogen-bond donors (Lipinski definition) is 1. The molecule has 0 heterocycles. The number of halogens is 1. The Morgan fingerprint density at radius 3 is 2.37 bits per heavy atom. The molecule has 106 valence electrons. The summed E-state index contributed by atoms with van der Waals surface area (Å²) in [5.41, 5.74) is 2.50. The number of nitrogens with zero attached hydrogens (tertiary/aromatic N) is 1. The van der Waals surface area contributed by atoms with Gasteiger partial charge in [0.15, 0.2) is 0 Å². The molecule has 2 unspecified atom stereocenters. The summed E-state index contributed by atoms with van der Waals surface area (Å²) in [6.07, 6.45) is 4.06. The summed E-state index contributed by atoms with van der Waals surface area (Å²) >= 11 is 3.58. The van der Waals surface area contributed by atoms with Crippen LogP contribution in [-0.4, -0.2) is 20.1 Å². The summed E-state index contributed by atoms with van der Waals surface area (Å²) in [6.45, 7) is 4.75. The summed E-state index contributed by atoms with van der Waals surface area (Å²) in [6, 6.07) is 7.06. The number of hydrogen-bond acceptors (Lipinski definition) is 2. The standard InChI is InChI=1S/C16H25BrN2/c1-11-6-5-7-12(2)16(11)18-14-10-13(17)8-9-15(14)19(3)4/h8-12,16,18H,5-7H2,1-4H3. The highest BCUT2D eigenvalue weighted by Gasteiger charge is 2.28. The lowest BCUT2D eigenvalue weighted by molar-refractivity contribution is 0.268. The van der Waals surface area contributed by atoms with Gasteiger partial charge in [0.05, 0.1) is 11.4 Å². The molecular formula is C16H25BrN2. The first-order chi connectivity index (χ1) is 8.99. The van der Waals surface area contributed by atoms with Crippen LogP contribution in [0.2, 0.25) is 0 Å². The minimum Gasteiger partial charge on any atom is -0.380 e. The average Bonchev–Trinajstić information content (AvgIpc) is 2.33. The molecule has 1 N–H and O–H groups in total. The molecular weight excluding hydrogens is 300 g/mol. The molecule has 0 spiro atoms. The number of anilines is 2. The second kappa shape index (κ2) is 6.17. The van der Waals surface area contributed by atoms with Crippen LogP contribution >= 0.6 is 15.9 Å². The lowest BCUT2D eigenvalue weighted by Crippen LogP contribution is -2.37. The quantitative estimate of drug-likeness (QED) is 0.862. The maximum atomic E-state index is 3.80. The van der Waals surface area contributed by atoms with E-state index < -0.39 is 0 Å². The van der Waals surface area contributed by atoms with Crippen molar-refractivity contribution in [3.05, 3.63) is 22.7 Å². The van der Waals surface area contributed by atoms with Crippen molar-refractivity contribution in [2.45, 2.75) is 39.2 Å². The first-order valence-electron chi connectivity index (χ1n) is 7.22. The van der Waals surface area contributed by atoms with Crippen molar-refractivity contribution >= 4 is 27.3 Å². The Hall–Kier alpha value is -0.700. The van der Waals surface area contributed by atoms with E-state index in [0.717, 1.165) is 16.3 Å². The molecule has 2 rings (SSSR count). The maximum Gasteiger partial charge on any atom is 0.0597 e. The molecule has 0 amide bonds. The minimum atomic E-state index is 0.585. The van der Waals surface area contributed by atoms with Crippen molar-refractivity contribution in [1.82, 2.24) is 0 Å². The van der Waals surface area contributed by atoms with E-state index in [-0.39, 0.29) is 0 Å². The summed E-state index contributed by atoms with van der Waals surface area (Å²) in [5.74, 6) is 1.50. The molecule has 1 aliphatic rings. The third kappa shape index (κ3) is 3.44. The predicted molar refractivity (Wildman–Crippen MR) is 88.1 cm³/mol. The van der Waals surface area contributed by atoms with Crippen LogP contribution in [0, 0.1) is 11.8 Å². The van der Waals surface area contributed by atoms with Gasteiger partial charge in [-0.15, -0.1) is 0 Å². The number of benzene rings is 1. The van der Waals surface area contributed by atoms with Crippen LogP contribution in [0.5, 0.6) is 0 Å². The zero-order chi connectivity index (χ0) is 14.0. The lowest BCUT2D eigenvalue weighted by Gasteiger charge is -2.36. The Kier molecular flexibility index (Phi) is 4.77. The molecule has 1 aromatic rings. The largest absolute Gasteiger partial charge is 0.380 e. The van der Waals surface area contributed by atoms with Gasteiger partial charge in [0.1, 0.15) is 0 Å². The smallest absolute Gasteiger partial charge is 0.0597 e. The zero-order valence-corrected chi connectivity index (χ0v) is 14.0. The molecule has 1 aliphatic carbocycles. The van der Waals surface area contributed by atoms with Crippen molar-refractivity contribution < 1.29 is 0 Å². The van der Waals surface area contributed by atoms with Gasteiger partial charge in [-0.2, -0.15) is 0 Å². The highest BCUT2D eigenvalue weighted by atomic mass is 79.9. The summed E-state index contributed by atoms with van der Waals surface area (Å²) in [7, 11) is 4.20. The third-order valence-corrected chi connectivity index (χ3v) is 4.80. The average molecular weight is 325 g/mol. The van der Waals surface area contributed by atoms with Crippen LogP contribution < -0.4 is 10.2 Å². The monoisotopic (exact) mass is 324 g/mol. The molecule has 19 heavy (non-hydrogen) atoms. The van der Waals surface area contributed by atoms with Crippen molar-refractivity contribution in [3.63, 3.8) is 0 Å². The van der Waals surface area contributed by atoms with Gasteiger partial charge in [0.2, 0.25) is 0 Å². The molecule has 2 nitrogen and oxygen atoms in total. The topological polar surface area (TPSA) is 15.3 Å². The van der Waals surface area contributed by atoms with E-state index in [1.165, 1.54) is 30.6 Å². The van der Waals surface area contributed by atoms with Crippen LogP contribution in [0.25, 0.3) is 0 Å². The number of nitrogens with one attached hydrogen (secondary N) is 1. The Morgan fingerprint density at radius 2 is 1.79 bits per heavy atom. The molecule has 1 saturated carbocycles. The normalized spacial score (nSPS) is 27.1. The fourth-order valence-electron chi connectivity index (χ4n) is 3.16. The van der Waals surface area contributed by atoms with Gasteiger partial charge in [-0.3, -0.25) is 0 Å². The summed E-state index contributed by atoms with van der Waals surface area (Å²) < 4.78 is 1.14. The van der Waals surface area contributed by atoms with E-state index in [2.05, 4.69) is 72.3 Å². The van der Waals surface area contributed by atoms with Gasteiger partial charge in [-0.25, -0.2) is 0 Å². The van der Waals surface area contributed by atoms with E-state index >= 15 is 0 Å². The van der Waals surface area contributed by atoms with E-state index in [0.29, 0.717) is 6.04 Å². The molecule has 0 aromatic heterocycles. The second-order valence-corrected chi connectivity index (χ2v) is 7.03. The van der Waals surface area contributed by atoms with Crippen LogP contribution in [0.4, 0.5) is 11.4 Å². The highest BCUT2D eigenvalue weighted by molar-refractivity contribution is 9.10. The first-order valence-corrected chi connectivity index (χ1v) is 8.01. The summed E-state index contributed by atoms with van der Waals surface area (Å²) in [5, 5.41) is 3.80. The van der Waals surface area contributed by atoms with Gasteiger partial charge >= 0.3 is 0 Å². The van der Waals surface area contributed by atoms with Gasteiger partial charge in [0.25, 0.3) is 0 Å². The van der Waals surface area contributed by atoms with Crippen molar-refractivity contribution in [1.29, 1.82) is 0 Å². The van der Waals surface area contributed by atoms with Crippen molar-refractivity contribution in [2.75, 3.05) is 24.3 Å². The Bertz CT molecular complexity index is 421. The van der Waals surface area contributed by atoms with Gasteiger partial charge in [0, 0.05) is 24.6 Å². The molecule has 2 atom stereocenters. The second-order valence-electron chi connectivity index (χ2n) is 6.11. The highest BCUT2D eigenvalue weighted by Crippen LogP contribution is 2.35. The van der Waals surface area contributed by atoms with Crippen LogP contribution in [0.15, 0.2) is 22.7 Å². The Labute approximate surface area is 125 Å². The number of rotatable bonds is 3. The lowest BCUT2D eigenvalue weighted by atomic mass is 9.78. The van der Waals surface area contributed by atoms with Gasteiger partial charge in [-0.05, 0) is 42.9 Å². The maximum absolute atomic E-state index is 3.80. The van der Waals surface area contributed by atoms with Gasteiger partial charge < -0.3 is 10.2 Å². The zero-order valence-electron chi connectivity index (χ0n) is 12.4. The Morgan fingerprint density at radius 1 is 1.16 bits per heavy atom. The predicted octanol–water partition coefficient (Wildman–Crippen LogP) is 4.75. The molecule has 0 saturated heterocycles. The molecule has 1 aromatic carbocycles. The molecule has 0 radical (unpaired) electrons. The van der Waals surface area contributed by atoms with Gasteiger partial charge in [-0.1, -0.05) is 36.2 Å². The van der Waals surface area contributed by atoms with E-state index in [1.807, 2.05) is 0 Å². The molecule has 0 aliphatic heterocycles. The van der Waals surface area contributed by atoms with E-state index in [9.17, 15) is 0 Å². The van der Waals surface area contributed by atoms with Crippen LogP contribution in [0.3, 0.4) is 0 Å². The van der Waals surface area contributed by atoms with Crippen LogP contribution in [0.1, 0.15) is 33.1 Å². The summed E-state index contributed by atoms with van der Waals surface area (Å²) in [4.78, 5) is 2.17. The third-order valence-electron chi connectivity index (χ3n) is 4.31. The Balaban J connectivity index is 2.24. The van der Waals surface area contributed by atoms with Crippen molar-refractivity contribution in [3.8, 4) is 0 Å². The molecule has 0 bridgehead atoms. The fourth-order valence-corrected chi connectivity index (χ4v) is 3.52. The minimum absolute atomic E-state index is 0.585. The van der Waals surface area contributed by atoms with Crippen molar-refractivity contribution in [2.24, 2.45) is 11.8 Å².